The van der Waals surface area contributed by atoms with Crippen LogP contribution in [0.4, 0.5) is 0 Å². The van der Waals surface area contributed by atoms with Gasteiger partial charge < -0.3 is 10.1 Å². The molecule has 0 aliphatic heterocycles. The fourth-order valence-corrected chi connectivity index (χ4v) is 3.08. The second-order valence-corrected chi connectivity index (χ2v) is 5.61. The Morgan fingerprint density at radius 2 is 1.50 bits per heavy atom. The molecule has 0 aliphatic carbocycles. The number of hydrogen-bond donors (Lipinski definition) is 2. The maximum Gasteiger partial charge on any atom is 0.341 e. The molecule has 0 radical (unpaired) electrons. The molecule has 0 bridgehead atoms. The molecule has 0 unspecified atom stereocenters. The maximum absolute atomic E-state index is 12.0. The maximum atomic E-state index is 12.0. The number of hydrogen-bond acceptors (Lipinski definition) is 2. The highest BCUT2D eigenvalue weighted by Gasteiger charge is 2.12. The van der Waals surface area contributed by atoms with Crippen LogP contribution in [-0.2, 0) is 0 Å². The van der Waals surface area contributed by atoms with Gasteiger partial charge in [0.2, 0.25) is 0 Å². The smallest absolute Gasteiger partial charge is 0.341 e. The molecule has 1 aromatic heterocycles. The highest BCUT2D eigenvalue weighted by Crippen LogP contribution is 2.33. The Bertz CT molecular complexity index is 1160. The van der Waals surface area contributed by atoms with E-state index in [9.17, 15) is 9.59 Å². The van der Waals surface area contributed by atoms with Crippen LogP contribution in [0, 0.1) is 0 Å². The normalized spacial score (nSPS) is 11.0. The molecule has 0 fully saturated rings. The Kier molecular flexibility index (Phi) is 3.17. The zero-order valence-electron chi connectivity index (χ0n) is 12.6. The van der Waals surface area contributed by atoms with Crippen molar-refractivity contribution in [3.8, 4) is 11.3 Å². The molecule has 0 saturated carbocycles. The number of carbonyl (C=O) groups is 1. The first-order valence-corrected chi connectivity index (χ1v) is 7.52. The molecule has 4 aromatic rings. The summed E-state index contributed by atoms with van der Waals surface area (Å²) in [6.45, 7) is 0. The molecule has 4 rings (SSSR count). The molecule has 0 aliphatic rings. The predicted molar refractivity (Wildman–Crippen MR) is 94.5 cm³/mol. The van der Waals surface area contributed by atoms with E-state index < -0.39 is 11.5 Å². The molecule has 0 saturated heterocycles. The molecular weight excluding hydrogens is 302 g/mol. The SMILES string of the molecule is O=C(O)c1ccc(-c2cc3ccccc3c3ccccc23)[nH]c1=O. The molecular formula is C20H13NO3. The van der Waals surface area contributed by atoms with Crippen molar-refractivity contribution >= 4 is 27.5 Å². The van der Waals surface area contributed by atoms with Gasteiger partial charge in [0, 0.05) is 11.3 Å². The van der Waals surface area contributed by atoms with Crippen LogP contribution in [0.3, 0.4) is 0 Å². The van der Waals surface area contributed by atoms with Gasteiger partial charge in [-0.3, -0.25) is 4.79 Å². The van der Waals surface area contributed by atoms with Crippen molar-refractivity contribution in [1.29, 1.82) is 0 Å². The van der Waals surface area contributed by atoms with Gasteiger partial charge in [-0.2, -0.15) is 0 Å². The topological polar surface area (TPSA) is 70.2 Å². The van der Waals surface area contributed by atoms with E-state index in [-0.39, 0.29) is 5.56 Å². The van der Waals surface area contributed by atoms with Gasteiger partial charge in [0.05, 0.1) is 0 Å². The van der Waals surface area contributed by atoms with Crippen LogP contribution in [-0.4, -0.2) is 16.1 Å². The summed E-state index contributed by atoms with van der Waals surface area (Å²) in [5.41, 5.74) is 0.617. The number of rotatable bonds is 2. The summed E-state index contributed by atoms with van der Waals surface area (Å²) in [6.07, 6.45) is 0. The lowest BCUT2D eigenvalue weighted by atomic mass is 9.95. The van der Waals surface area contributed by atoms with Crippen molar-refractivity contribution in [3.05, 3.63) is 82.6 Å². The number of aromatic carboxylic acids is 1. The average Bonchev–Trinajstić information content (AvgIpc) is 2.60. The van der Waals surface area contributed by atoms with Gasteiger partial charge in [-0.15, -0.1) is 0 Å². The van der Waals surface area contributed by atoms with E-state index in [1.807, 2.05) is 48.5 Å². The van der Waals surface area contributed by atoms with Crippen LogP contribution in [0.15, 0.2) is 71.5 Å². The summed E-state index contributed by atoms with van der Waals surface area (Å²) >= 11 is 0. The second kappa shape index (κ2) is 5.35. The van der Waals surface area contributed by atoms with Gasteiger partial charge in [0.1, 0.15) is 5.56 Å². The monoisotopic (exact) mass is 315 g/mol. The molecule has 1 heterocycles. The van der Waals surface area contributed by atoms with Crippen molar-refractivity contribution in [1.82, 2.24) is 4.98 Å². The van der Waals surface area contributed by atoms with E-state index in [0.717, 1.165) is 27.1 Å². The lowest BCUT2D eigenvalue weighted by Crippen LogP contribution is -2.17. The van der Waals surface area contributed by atoms with Gasteiger partial charge in [-0.1, -0.05) is 48.5 Å². The molecule has 116 valence electrons. The lowest BCUT2D eigenvalue weighted by molar-refractivity contribution is 0.0695. The minimum atomic E-state index is -1.23. The quantitative estimate of drug-likeness (QED) is 0.548. The van der Waals surface area contributed by atoms with Gasteiger partial charge in [0.25, 0.3) is 5.56 Å². The Morgan fingerprint density at radius 1 is 0.833 bits per heavy atom. The van der Waals surface area contributed by atoms with E-state index in [0.29, 0.717) is 5.69 Å². The summed E-state index contributed by atoms with van der Waals surface area (Å²) in [4.78, 5) is 25.7. The van der Waals surface area contributed by atoms with Gasteiger partial charge >= 0.3 is 5.97 Å². The number of aromatic amines is 1. The van der Waals surface area contributed by atoms with Crippen molar-refractivity contribution in [3.63, 3.8) is 0 Å². The van der Waals surface area contributed by atoms with E-state index in [1.165, 1.54) is 6.07 Å². The van der Waals surface area contributed by atoms with E-state index >= 15 is 0 Å². The summed E-state index contributed by atoms with van der Waals surface area (Å²) in [5, 5.41) is 13.3. The summed E-state index contributed by atoms with van der Waals surface area (Å²) in [7, 11) is 0. The third kappa shape index (κ3) is 2.16. The van der Waals surface area contributed by atoms with Crippen LogP contribution in [0.2, 0.25) is 0 Å². The number of aromatic nitrogens is 1. The number of nitrogens with one attached hydrogen (secondary N) is 1. The molecule has 0 atom stereocenters. The van der Waals surface area contributed by atoms with Crippen LogP contribution in [0.1, 0.15) is 10.4 Å². The Hall–Kier alpha value is -3.40. The summed E-state index contributed by atoms with van der Waals surface area (Å²) in [5.74, 6) is -1.23. The molecule has 24 heavy (non-hydrogen) atoms. The number of benzene rings is 3. The standard InChI is InChI=1S/C20H13NO3/c22-19-16(20(23)24)9-10-18(21-19)17-11-12-5-1-2-6-13(12)14-7-3-4-8-15(14)17/h1-11H,(H,21,22)(H,23,24). The number of H-pyrrole nitrogens is 1. The number of pyridine rings is 1. The Morgan fingerprint density at radius 3 is 2.21 bits per heavy atom. The minimum Gasteiger partial charge on any atom is -0.477 e. The molecule has 3 aromatic carbocycles. The second-order valence-electron chi connectivity index (χ2n) is 5.61. The Balaban J connectivity index is 2.07. The molecule has 2 N–H and O–H groups in total. The number of carboxylic acids is 1. The molecule has 4 heteroatoms. The fraction of sp³-hybridized carbons (Fsp3) is 0. The van der Waals surface area contributed by atoms with Crippen molar-refractivity contribution in [2.24, 2.45) is 0 Å². The van der Waals surface area contributed by atoms with Crippen molar-refractivity contribution in [2.75, 3.05) is 0 Å². The van der Waals surface area contributed by atoms with Gasteiger partial charge in [-0.25, -0.2) is 4.79 Å². The van der Waals surface area contributed by atoms with Crippen LogP contribution >= 0.6 is 0 Å². The Labute approximate surface area is 137 Å². The first-order chi connectivity index (χ1) is 11.6. The third-order valence-corrected chi connectivity index (χ3v) is 4.20. The van der Waals surface area contributed by atoms with Gasteiger partial charge in [-0.05, 0) is 39.7 Å². The van der Waals surface area contributed by atoms with Crippen LogP contribution in [0.5, 0.6) is 0 Å². The zero-order chi connectivity index (χ0) is 16.7. The van der Waals surface area contributed by atoms with E-state index in [1.54, 1.807) is 6.07 Å². The summed E-state index contributed by atoms with van der Waals surface area (Å²) < 4.78 is 0. The first kappa shape index (κ1) is 14.2. The molecule has 0 amide bonds. The summed E-state index contributed by atoms with van der Waals surface area (Å²) in [6, 6.07) is 21.0. The van der Waals surface area contributed by atoms with Crippen molar-refractivity contribution < 1.29 is 9.90 Å². The fourth-order valence-electron chi connectivity index (χ4n) is 3.08. The number of carboxylic acid groups (broad SMARTS) is 1. The first-order valence-electron chi connectivity index (χ1n) is 7.52. The molecule has 4 nitrogen and oxygen atoms in total. The van der Waals surface area contributed by atoms with Crippen LogP contribution < -0.4 is 5.56 Å². The average molecular weight is 315 g/mol. The zero-order valence-corrected chi connectivity index (χ0v) is 12.6. The largest absolute Gasteiger partial charge is 0.477 e. The van der Waals surface area contributed by atoms with Crippen LogP contribution in [0.25, 0.3) is 32.8 Å². The number of fused-ring (bicyclic) bond motifs is 3. The van der Waals surface area contributed by atoms with Gasteiger partial charge in [0.15, 0.2) is 0 Å². The predicted octanol–water partition coefficient (Wildman–Crippen LogP) is 4.05. The lowest BCUT2D eigenvalue weighted by Gasteiger charge is -2.11. The highest BCUT2D eigenvalue weighted by molar-refractivity contribution is 6.13. The third-order valence-electron chi connectivity index (χ3n) is 4.20. The highest BCUT2D eigenvalue weighted by atomic mass is 16.4. The molecule has 0 spiro atoms. The van der Waals surface area contributed by atoms with E-state index in [4.69, 9.17) is 5.11 Å². The van der Waals surface area contributed by atoms with E-state index in [2.05, 4.69) is 11.1 Å². The minimum absolute atomic E-state index is 0.260. The van der Waals surface area contributed by atoms with Crippen molar-refractivity contribution in [2.45, 2.75) is 0 Å².